The number of hydrogen-bond donors (Lipinski definition) is 0. The summed E-state index contributed by atoms with van der Waals surface area (Å²) < 4.78 is 13.8. The quantitative estimate of drug-likeness (QED) is 0.508. The van der Waals surface area contributed by atoms with E-state index < -0.39 is 11.2 Å². The minimum atomic E-state index is -0.644. The molecule has 1 aromatic carbocycles. The second-order valence-corrected chi connectivity index (χ2v) is 7.85. The summed E-state index contributed by atoms with van der Waals surface area (Å²) >= 11 is 0. The Hall–Kier alpha value is -3.31. The first-order valence-electron chi connectivity index (χ1n) is 10.4. The minimum Gasteiger partial charge on any atom is -0.493 e. The maximum Gasteiger partial charge on any atom is 0.352 e. The smallest absolute Gasteiger partial charge is 0.352 e. The molecule has 0 atom stereocenters. The fourth-order valence-electron chi connectivity index (χ4n) is 3.61. The molecule has 0 saturated carbocycles. The molecule has 1 aromatic rings. The number of piperazine rings is 1. The highest BCUT2D eigenvalue weighted by atomic mass is 16.5. The predicted molar refractivity (Wildman–Crippen MR) is 118 cm³/mol. The van der Waals surface area contributed by atoms with E-state index in [0.29, 0.717) is 29.5 Å². The van der Waals surface area contributed by atoms with Crippen LogP contribution in [-0.2, 0) is 14.1 Å². The molecule has 0 radical (unpaired) electrons. The summed E-state index contributed by atoms with van der Waals surface area (Å²) in [7, 11) is 6.70. The zero-order chi connectivity index (χ0) is 22.8. The fourth-order valence-corrected chi connectivity index (χ4v) is 3.61. The Morgan fingerprint density at radius 3 is 2.47 bits per heavy atom. The lowest BCUT2D eigenvalue weighted by Gasteiger charge is -2.32. The third-order valence-electron chi connectivity index (χ3n) is 5.66. The molecule has 1 fully saturated rings. The van der Waals surface area contributed by atoms with Gasteiger partial charge < -0.3 is 14.4 Å². The number of likely N-dealkylation sites (N-methyl/N-ethyl adjacent to an activating group) is 1. The van der Waals surface area contributed by atoms with Gasteiger partial charge in [0.1, 0.15) is 6.61 Å². The average Bonchev–Trinajstić information content (AvgIpc) is 2.79. The maximum absolute atomic E-state index is 12.5. The standard InChI is InChI=1S/C21H27N7O4/c1-25-7-9-28(10-8-25)11-12-32-15-6-5-14(13-16(15)31-4)18-22-17-19(27(3)24-18)23-21(30)26(2)20(17)29/h5-6,13H,7-12H2,1-4H3. The number of methoxy groups -OCH3 is 1. The number of rotatable bonds is 6. The van der Waals surface area contributed by atoms with E-state index in [4.69, 9.17) is 9.47 Å². The van der Waals surface area contributed by atoms with Gasteiger partial charge in [-0.3, -0.25) is 14.3 Å². The van der Waals surface area contributed by atoms with Crippen molar-refractivity contribution >= 4 is 0 Å². The number of benzene rings is 1. The maximum atomic E-state index is 12.5. The van der Waals surface area contributed by atoms with E-state index in [9.17, 15) is 9.59 Å². The summed E-state index contributed by atoms with van der Waals surface area (Å²) in [6, 6.07) is 5.39. The van der Waals surface area contributed by atoms with Gasteiger partial charge in [0.2, 0.25) is 0 Å². The van der Waals surface area contributed by atoms with Crippen LogP contribution < -0.4 is 20.7 Å². The predicted octanol–water partition coefficient (Wildman–Crippen LogP) is -0.324. The van der Waals surface area contributed by atoms with Crippen molar-refractivity contribution in [2.75, 3.05) is 53.5 Å². The van der Waals surface area contributed by atoms with E-state index in [2.05, 4.69) is 31.9 Å². The van der Waals surface area contributed by atoms with E-state index in [1.807, 2.05) is 12.1 Å². The molecule has 3 aliphatic heterocycles. The molecule has 0 spiro atoms. The van der Waals surface area contributed by atoms with Gasteiger partial charge >= 0.3 is 5.69 Å². The van der Waals surface area contributed by atoms with Crippen LogP contribution in [0.4, 0.5) is 0 Å². The molecular weight excluding hydrogens is 414 g/mol. The topological polar surface area (TPSA) is 108 Å². The molecule has 0 N–H and O–H groups in total. The number of ether oxygens (including phenoxy) is 2. The molecule has 0 aromatic heterocycles. The van der Waals surface area contributed by atoms with Crippen molar-refractivity contribution in [1.29, 1.82) is 0 Å². The van der Waals surface area contributed by atoms with Gasteiger partial charge in [0.15, 0.2) is 28.8 Å². The monoisotopic (exact) mass is 441 g/mol. The van der Waals surface area contributed by atoms with Gasteiger partial charge in [-0.15, -0.1) is 0 Å². The number of nitrogens with zero attached hydrogens (tertiary/aromatic N) is 7. The van der Waals surface area contributed by atoms with Gasteiger partial charge in [0.05, 0.1) is 7.11 Å². The number of fused-ring (bicyclic) bond motifs is 1. The Labute approximate surface area is 185 Å². The molecule has 0 unspecified atom stereocenters. The highest BCUT2D eigenvalue weighted by molar-refractivity contribution is 5.63. The van der Waals surface area contributed by atoms with E-state index in [-0.39, 0.29) is 11.5 Å². The zero-order valence-corrected chi connectivity index (χ0v) is 18.7. The molecule has 11 nitrogen and oxygen atoms in total. The van der Waals surface area contributed by atoms with Gasteiger partial charge in [-0.05, 0) is 25.2 Å². The molecule has 32 heavy (non-hydrogen) atoms. The summed E-state index contributed by atoms with van der Waals surface area (Å²) in [5, 5.41) is 4.37. The second kappa shape index (κ2) is 9.05. The van der Waals surface area contributed by atoms with Gasteiger partial charge in [-0.25, -0.2) is 14.5 Å². The third kappa shape index (κ3) is 4.34. The summed E-state index contributed by atoms with van der Waals surface area (Å²) in [4.78, 5) is 37.3. The van der Waals surface area contributed by atoms with Crippen molar-refractivity contribution < 1.29 is 9.47 Å². The van der Waals surface area contributed by atoms with Crippen LogP contribution in [-0.4, -0.2) is 87.6 Å². The molecule has 11 heteroatoms. The first kappa shape index (κ1) is 21.9. The Morgan fingerprint density at radius 1 is 1.00 bits per heavy atom. The molecule has 4 rings (SSSR count). The van der Waals surface area contributed by atoms with E-state index in [1.165, 1.54) is 11.7 Å². The Morgan fingerprint density at radius 2 is 1.75 bits per heavy atom. The lowest BCUT2D eigenvalue weighted by atomic mass is 10.2. The van der Waals surface area contributed by atoms with Crippen LogP contribution in [0.1, 0.15) is 0 Å². The van der Waals surface area contributed by atoms with Gasteiger partial charge in [-0.1, -0.05) is 0 Å². The lowest BCUT2D eigenvalue weighted by Crippen LogP contribution is -2.45. The van der Waals surface area contributed by atoms with Crippen LogP contribution in [0.3, 0.4) is 0 Å². The summed E-state index contributed by atoms with van der Waals surface area (Å²) in [5.74, 6) is 1.63. The molecule has 170 valence electrons. The SMILES string of the molecule is COc1cc(-c2nc3c(=O)n(C)c(=O)nc-3n(C)n2)ccc1OCCN1CCN(C)CC1. The summed E-state index contributed by atoms with van der Waals surface area (Å²) in [6.07, 6.45) is 0. The van der Waals surface area contributed by atoms with Crippen LogP contribution in [0.25, 0.3) is 22.9 Å². The average molecular weight is 441 g/mol. The molecule has 3 aliphatic rings. The Balaban J connectivity index is 1.56. The van der Waals surface area contributed by atoms with Crippen molar-refractivity contribution in [3.8, 4) is 34.4 Å². The number of aromatic nitrogens is 5. The summed E-state index contributed by atoms with van der Waals surface area (Å²) in [6.45, 7) is 5.61. The number of aryl methyl sites for hydroxylation is 1. The molecule has 1 saturated heterocycles. The van der Waals surface area contributed by atoms with Crippen molar-refractivity contribution in [3.63, 3.8) is 0 Å². The van der Waals surface area contributed by atoms with Crippen molar-refractivity contribution in [2.45, 2.75) is 0 Å². The highest BCUT2D eigenvalue weighted by Crippen LogP contribution is 2.31. The Bertz CT molecular complexity index is 1200. The van der Waals surface area contributed by atoms with E-state index >= 15 is 0 Å². The van der Waals surface area contributed by atoms with Gasteiger partial charge in [0, 0.05) is 52.4 Å². The number of hydrogen-bond acceptors (Lipinski definition) is 9. The zero-order valence-electron chi connectivity index (χ0n) is 18.7. The molecule has 0 amide bonds. The third-order valence-corrected chi connectivity index (χ3v) is 5.66. The molecule has 3 heterocycles. The normalized spacial score (nSPS) is 15.2. The van der Waals surface area contributed by atoms with Crippen LogP contribution in [0.15, 0.2) is 27.8 Å². The fraction of sp³-hybridized carbons (Fsp3) is 0.476. The van der Waals surface area contributed by atoms with Crippen molar-refractivity contribution in [3.05, 3.63) is 39.0 Å². The van der Waals surface area contributed by atoms with Gasteiger partial charge in [0.25, 0.3) is 5.56 Å². The summed E-state index contributed by atoms with van der Waals surface area (Å²) in [5.41, 5.74) is -0.436. The lowest BCUT2D eigenvalue weighted by molar-refractivity contribution is 0.133. The van der Waals surface area contributed by atoms with E-state index in [1.54, 1.807) is 20.2 Å². The van der Waals surface area contributed by atoms with E-state index in [0.717, 1.165) is 37.3 Å². The van der Waals surface area contributed by atoms with Crippen LogP contribution >= 0.6 is 0 Å². The van der Waals surface area contributed by atoms with Crippen LogP contribution in [0, 0.1) is 0 Å². The first-order chi connectivity index (χ1) is 15.4. The second-order valence-electron chi connectivity index (χ2n) is 7.85. The molecular formula is C21H27N7O4. The Kier molecular flexibility index (Phi) is 6.19. The molecule has 0 bridgehead atoms. The first-order valence-corrected chi connectivity index (χ1v) is 10.4. The van der Waals surface area contributed by atoms with Crippen LogP contribution in [0.2, 0.25) is 0 Å². The van der Waals surface area contributed by atoms with Gasteiger partial charge in [-0.2, -0.15) is 10.1 Å². The largest absolute Gasteiger partial charge is 0.493 e. The molecule has 0 aliphatic carbocycles. The van der Waals surface area contributed by atoms with Crippen molar-refractivity contribution in [2.24, 2.45) is 14.1 Å². The highest BCUT2D eigenvalue weighted by Gasteiger charge is 2.20. The van der Waals surface area contributed by atoms with Crippen molar-refractivity contribution in [1.82, 2.24) is 34.1 Å². The minimum absolute atomic E-state index is 0.0751. The van der Waals surface area contributed by atoms with Crippen LogP contribution in [0.5, 0.6) is 11.5 Å².